The zero-order chi connectivity index (χ0) is 48.4. The van der Waals surface area contributed by atoms with Crippen LogP contribution in [0.25, 0.3) is 0 Å². The molecule has 0 amide bonds. The van der Waals surface area contributed by atoms with Gasteiger partial charge in [-0.05, 0) is 78.9 Å². The average molecular weight is 889 g/mol. The lowest BCUT2D eigenvalue weighted by atomic mass is 9.62. The van der Waals surface area contributed by atoms with Gasteiger partial charge in [0.05, 0.1) is 72.7 Å². The Bertz CT molecular complexity index is 1430. The maximum atomic E-state index is 6.10. The largest absolute Gasteiger partial charge is 0.376 e. The van der Waals surface area contributed by atoms with Gasteiger partial charge >= 0.3 is 0 Å². The Labute approximate surface area is 398 Å². The summed E-state index contributed by atoms with van der Waals surface area (Å²) in [6.45, 7) is 47.0. The molecule has 8 bridgehead atoms. The molecule has 360 valence electrons. The van der Waals surface area contributed by atoms with Crippen LogP contribution in [-0.2, 0) is 37.9 Å². The normalized spacial score (nSPS) is 45.9. The highest BCUT2D eigenvalue weighted by molar-refractivity contribution is 6.12. The van der Waals surface area contributed by atoms with Gasteiger partial charge in [-0.3, -0.25) is 0 Å². The predicted molar refractivity (Wildman–Crippen MR) is 262 cm³/mol. The summed E-state index contributed by atoms with van der Waals surface area (Å²) in [5, 5.41) is 0. The van der Waals surface area contributed by atoms with Crippen LogP contribution in [0.2, 0.25) is 0 Å². The summed E-state index contributed by atoms with van der Waals surface area (Å²) < 4.78 is 48.0. The summed E-state index contributed by atoms with van der Waals surface area (Å²) in [7, 11) is 24.1. The molecule has 0 N–H and O–H groups in total. The van der Waals surface area contributed by atoms with Gasteiger partial charge in [0.15, 0.2) is 0 Å². The molecule has 8 heterocycles. The molecule has 0 unspecified atom stereocenters. The first-order valence-corrected chi connectivity index (χ1v) is 25.8. The second-order valence-electron chi connectivity index (χ2n) is 24.7. The van der Waals surface area contributed by atoms with E-state index in [4.69, 9.17) is 69.3 Å². The van der Waals surface area contributed by atoms with Crippen LogP contribution in [0.4, 0.5) is 0 Å². The lowest BCUT2D eigenvalue weighted by Crippen LogP contribution is -2.48. The summed E-state index contributed by atoms with van der Waals surface area (Å²) in [6, 6.07) is -0.952. The van der Waals surface area contributed by atoms with E-state index in [2.05, 4.69) is 138 Å². The van der Waals surface area contributed by atoms with E-state index in [1.54, 1.807) is 0 Å². The summed E-state index contributed by atoms with van der Waals surface area (Å²) in [5.41, 5.74) is -0.554. The average Bonchev–Trinajstić information content (AvgIpc) is 4.04. The quantitative estimate of drug-likeness (QED) is 0.180. The van der Waals surface area contributed by atoms with Crippen molar-refractivity contribution >= 4 is 31.4 Å². The van der Waals surface area contributed by atoms with E-state index in [0.29, 0.717) is 96.8 Å². The van der Waals surface area contributed by atoms with Crippen LogP contribution in [0, 0.1) is 82.3 Å². The van der Waals surface area contributed by atoms with E-state index in [1.165, 1.54) is 0 Å². The van der Waals surface area contributed by atoms with Crippen LogP contribution in [0.3, 0.4) is 0 Å². The Balaban J connectivity index is 0.000000161. The Hall–Kier alpha value is -0.0603. The highest BCUT2D eigenvalue weighted by Gasteiger charge is 2.68. The monoisotopic (exact) mass is 889 g/mol. The van der Waals surface area contributed by atoms with Crippen molar-refractivity contribution in [2.75, 3.05) is 19.8 Å². The minimum atomic E-state index is -0.250. The van der Waals surface area contributed by atoms with Crippen molar-refractivity contribution in [1.29, 1.82) is 0 Å². The Morgan fingerprint density at radius 3 is 1.25 bits per heavy atom. The lowest BCUT2D eigenvalue weighted by molar-refractivity contribution is -0.162. The van der Waals surface area contributed by atoms with Crippen molar-refractivity contribution in [3.63, 3.8) is 0 Å². The van der Waals surface area contributed by atoms with E-state index in [9.17, 15) is 0 Å². The fourth-order valence-electron chi connectivity index (χ4n) is 14.2. The van der Waals surface area contributed by atoms with Gasteiger partial charge in [0.25, 0.3) is 0 Å². The summed E-state index contributed by atoms with van der Waals surface area (Å²) in [5.74, 6) is 6.89. The van der Waals surface area contributed by atoms with Crippen LogP contribution in [0.5, 0.6) is 0 Å². The molecule has 8 aliphatic heterocycles. The first kappa shape index (κ1) is 54.9. The molecule has 19 atom stereocenters. The van der Waals surface area contributed by atoms with Gasteiger partial charge in [-0.25, -0.2) is 0 Å². The number of ether oxygens (including phenoxy) is 8. The van der Waals surface area contributed by atoms with Crippen LogP contribution < -0.4 is 0 Å². The molecule has 8 rings (SSSR count). The van der Waals surface area contributed by atoms with Gasteiger partial charge < -0.3 is 37.9 Å². The van der Waals surface area contributed by atoms with E-state index in [-0.39, 0.29) is 82.4 Å². The third-order valence-electron chi connectivity index (χ3n) is 17.9. The maximum Gasteiger partial charge on any atom is 0.112 e. The molecule has 8 nitrogen and oxygen atoms in total. The lowest BCUT2D eigenvalue weighted by Gasteiger charge is -2.41. The molecule has 8 radical (unpaired) electrons. The summed E-state index contributed by atoms with van der Waals surface area (Å²) in [6.07, 6.45) is 2.60. The van der Waals surface area contributed by atoms with Crippen molar-refractivity contribution in [3.05, 3.63) is 0 Å². The first-order valence-electron chi connectivity index (χ1n) is 25.8. The van der Waals surface area contributed by atoms with Crippen LogP contribution in [-0.4, -0.2) is 128 Å². The van der Waals surface area contributed by atoms with Crippen LogP contribution in [0.15, 0.2) is 0 Å². The molecule has 8 fully saturated rings. The molecular weight excluding hydrogens is 796 g/mol. The van der Waals surface area contributed by atoms with Gasteiger partial charge in [-0.15, -0.1) is 0 Å². The van der Waals surface area contributed by atoms with Gasteiger partial charge in [0.1, 0.15) is 31.4 Å². The second-order valence-corrected chi connectivity index (χ2v) is 24.7. The topological polar surface area (TPSA) is 73.8 Å². The number of hydrogen-bond donors (Lipinski definition) is 0. The smallest absolute Gasteiger partial charge is 0.112 e. The van der Waals surface area contributed by atoms with Crippen LogP contribution in [0.1, 0.15) is 151 Å². The highest BCUT2D eigenvalue weighted by atomic mass is 16.6. The van der Waals surface area contributed by atoms with Gasteiger partial charge in [-0.1, -0.05) is 132 Å². The standard InChI is InChI=1S/4C13H23BO2/c1-8(2)6-13-7-15-10(11(14)16-13)12(13,5)9(3)4;2*1-7(2)9(5)13-6-15-11(12(14)16-13)10(13)8(3)4;1-7(2)6-13-9(5)15-11(12(14)16-13)10(13)8(3)4/h8-11H,6-7H2,1-5H3;3*7-12H,6H2,1-5H3/t10-,11-,12-,13-;9-,10+,11-,12+,13-;9-,10-,11+,12-,13+;9-,10-,11+,12-,13-/m1011/s1. The zero-order valence-corrected chi connectivity index (χ0v) is 44.3. The van der Waals surface area contributed by atoms with Crippen molar-refractivity contribution in [1.82, 2.24) is 0 Å². The first-order chi connectivity index (χ1) is 29.5. The van der Waals surface area contributed by atoms with E-state index in [0.717, 1.165) is 12.8 Å². The molecule has 0 aromatic rings. The predicted octanol–water partition coefficient (Wildman–Crippen LogP) is 9.14. The highest BCUT2D eigenvalue weighted by Crippen LogP contribution is 2.60. The Morgan fingerprint density at radius 1 is 0.484 bits per heavy atom. The molecule has 8 saturated heterocycles. The third kappa shape index (κ3) is 9.34. The minimum Gasteiger partial charge on any atom is -0.376 e. The van der Waals surface area contributed by atoms with E-state index < -0.39 is 0 Å². The Morgan fingerprint density at radius 2 is 0.906 bits per heavy atom. The molecule has 12 heteroatoms. The Kier molecular flexibility index (Phi) is 17.4. The van der Waals surface area contributed by atoms with Gasteiger partial charge in [0.2, 0.25) is 0 Å². The molecule has 0 spiro atoms. The van der Waals surface area contributed by atoms with Crippen molar-refractivity contribution in [2.45, 2.75) is 228 Å². The third-order valence-corrected chi connectivity index (χ3v) is 17.9. The van der Waals surface area contributed by atoms with E-state index in [1.807, 2.05) is 0 Å². The SMILES string of the molecule is [B][C@@H]1O[C@@]2(CC(C)C)[C@H](C(C)C)[C@@H]1O[C@@H]2C.[B][C@@H]1O[C@]2(CC(C)C)CO[C@H]1[C@@]2(C)C(C)C.[B][C@@H]1O[C@]2([C@@H](C)C(C)C)CO[C@H]1[C@H]2C(C)C.[B][C@@H]1O[C@]2([C@H](C)C(C)C)CO[C@H]1[C@H]2C(C)C. The second kappa shape index (κ2) is 20.3. The molecule has 0 saturated carbocycles. The molecule has 0 aromatic heterocycles. The summed E-state index contributed by atoms with van der Waals surface area (Å²) in [4.78, 5) is 0. The minimum absolute atomic E-state index is 0.0523. The number of rotatable bonds is 12. The maximum absolute atomic E-state index is 6.10. The molecule has 8 aliphatic rings. The number of fused-ring (bicyclic) bond motifs is 8. The van der Waals surface area contributed by atoms with Crippen molar-refractivity contribution in [3.8, 4) is 0 Å². The molecule has 0 aliphatic carbocycles. The fourth-order valence-corrected chi connectivity index (χ4v) is 14.2. The van der Waals surface area contributed by atoms with Crippen LogP contribution >= 0.6 is 0 Å². The molecule has 64 heavy (non-hydrogen) atoms. The fraction of sp³-hybridized carbons (Fsp3) is 1.00. The van der Waals surface area contributed by atoms with Crippen molar-refractivity contribution in [2.24, 2.45) is 82.3 Å². The van der Waals surface area contributed by atoms with Gasteiger partial charge in [0, 0.05) is 47.2 Å². The summed E-state index contributed by atoms with van der Waals surface area (Å²) >= 11 is 0. The van der Waals surface area contributed by atoms with Crippen molar-refractivity contribution < 1.29 is 37.9 Å². The molecule has 0 aromatic carbocycles. The van der Waals surface area contributed by atoms with Gasteiger partial charge in [-0.2, -0.15) is 0 Å². The zero-order valence-electron chi connectivity index (χ0n) is 44.3. The van der Waals surface area contributed by atoms with E-state index >= 15 is 0 Å². The molecular formula is C52H92B4O8. The number of hydrogen-bond acceptors (Lipinski definition) is 8.